The van der Waals surface area contributed by atoms with Gasteiger partial charge < -0.3 is 14.6 Å². The average Bonchev–Trinajstić information content (AvgIpc) is 3.34. The maximum absolute atomic E-state index is 13.9. The van der Waals surface area contributed by atoms with E-state index in [4.69, 9.17) is 10.00 Å². The van der Waals surface area contributed by atoms with Gasteiger partial charge in [-0.3, -0.25) is 13.9 Å². The Balaban J connectivity index is 1.52. The molecule has 212 valence electrons. The lowest BCUT2D eigenvalue weighted by Gasteiger charge is -2.23. The van der Waals surface area contributed by atoms with Gasteiger partial charge in [0.15, 0.2) is 5.03 Å². The molecule has 0 radical (unpaired) electrons. The van der Waals surface area contributed by atoms with Crippen LogP contribution in [0.5, 0.6) is 0 Å². The summed E-state index contributed by atoms with van der Waals surface area (Å²) in [7, 11) is -2.53. The number of sulfonamides is 1. The zero-order valence-corrected chi connectivity index (χ0v) is 23.8. The first kappa shape index (κ1) is 28.3. The third kappa shape index (κ3) is 5.66. The number of pyridine rings is 1. The number of carbonyl (C=O) groups excluding carboxylic acids is 2. The molecule has 1 N–H and O–H groups in total. The van der Waals surface area contributed by atoms with Crippen LogP contribution in [-0.4, -0.2) is 43.0 Å². The molecule has 0 aliphatic rings. The number of ether oxygens (including phenoxy) is 1. The minimum Gasteiger partial charge on any atom is -0.465 e. The van der Waals surface area contributed by atoms with Crippen molar-refractivity contribution in [2.24, 2.45) is 7.05 Å². The molecule has 0 spiro atoms. The molecule has 5 aromatic rings. The highest BCUT2D eigenvalue weighted by atomic mass is 32.2. The number of nitrogens with zero attached hydrogens (tertiary/aromatic N) is 4. The van der Waals surface area contributed by atoms with Crippen molar-refractivity contribution in [1.82, 2.24) is 14.9 Å². The Morgan fingerprint density at radius 3 is 2.55 bits per heavy atom. The van der Waals surface area contributed by atoms with E-state index in [9.17, 15) is 18.0 Å². The van der Waals surface area contributed by atoms with Gasteiger partial charge in [0.1, 0.15) is 6.54 Å². The third-order valence-corrected chi connectivity index (χ3v) is 8.42. The number of para-hydroxylation sites is 1. The molecule has 0 fully saturated rings. The maximum atomic E-state index is 13.9. The molecule has 0 unspecified atom stereocenters. The van der Waals surface area contributed by atoms with Crippen molar-refractivity contribution in [3.8, 4) is 6.07 Å². The van der Waals surface area contributed by atoms with Gasteiger partial charge >= 0.3 is 5.97 Å². The van der Waals surface area contributed by atoms with E-state index in [1.165, 1.54) is 6.07 Å². The summed E-state index contributed by atoms with van der Waals surface area (Å²) in [6.07, 6.45) is 1.66. The molecule has 11 heteroatoms. The van der Waals surface area contributed by atoms with Crippen molar-refractivity contribution < 1.29 is 22.7 Å². The highest BCUT2D eigenvalue weighted by Crippen LogP contribution is 2.30. The monoisotopic (exact) mass is 581 g/mol. The summed E-state index contributed by atoms with van der Waals surface area (Å²) in [4.78, 5) is 30.2. The molecule has 0 saturated heterocycles. The first-order valence-electron chi connectivity index (χ1n) is 13.1. The maximum Gasteiger partial charge on any atom is 0.326 e. The van der Waals surface area contributed by atoms with Crippen LogP contribution in [-0.2, 0) is 33.1 Å². The lowest BCUT2D eigenvalue weighted by molar-refractivity contribution is -0.141. The van der Waals surface area contributed by atoms with E-state index in [1.807, 2.05) is 12.1 Å². The summed E-state index contributed by atoms with van der Waals surface area (Å²) >= 11 is 0. The Bertz CT molecular complexity index is 1960. The van der Waals surface area contributed by atoms with Crippen molar-refractivity contribution in [3.05, 3.63) is 102 Å². The summed E-state index contributed by atoms with van der Waals surface area (Å²) in [5, 5.41) is 12.9. The van der Waals surface area contributed by atoms with Crippen molar-refractivity contribution in [1.29, 1.82) is 5.26 Å². The van der Waals surface area contributed by atoms with Crippen LogP contribution in [0.15, 0.2) is 90.1 Å². The quantitative estimate of drug-likeness (QED) is 0.257. The second-order valence-electron chi connectivity index (χ2n) is 9.51. The van der Waals surface area contributed by atoms with Gasteiger partial charge in [0.2, 0.25) is 0 Å². The highest BCUT2D eigenvalue weighted by Gasteiger charge is 2.30. The fourth-order valence-electron chi connectivity index (χ4n) is 4.63. The smallest absolute Gasteiger partial charge is 0.326 e. The number of hydrogen-bond acceptors (Lipinski definition) is 7. The van der Waals surface area contributed by atoms with E-state index < -0.39 is 22.5 Å². The molecule has 0 saturated carbocycles. The van der Waals surface area contributed by atoms with Crippen LogP contribution in [0.4, 0.5) is 5.69 Å². The number of benzene rings is 3. The van der Waals surface area contributed by atoms with Gasteiger partial charge in [0, 0.05) is 36.1 Å². The zero-order chi connectivity index (χ0) is 29.9. The minimum atomic E-state index is -4.31. The Labute approximate surface area is 242 Å². The van der Waals surface area contributed by atoms with E-state index >= 15 is 0 Å². The summed E-state index contributed by atoms with van der Waals surface area (Å²) in [5.74, 6) is -1.09. The van der Waals surface area contributed by atoms with E-state index in [-0.39, 0.29) is 29.8 Å². The van der Waals surface area contributed by atoms with Crippen molar-refractivity contribution in [3.63, 3.8) is 0 Å². The topological polar surface area (TPSA) is 134 Å². The van der Waals surface area contributed by atoms with E-state index in [0.717, 1.165) is 15.3 Å². The van der Waals surface area contributed by atoms with Crippen LogP contribution >= 0.6 is 0 Å². The fourth-order valence-corrected chi connectivity index (χ4v) is 5.98. The van der Waals surface area contributed by atoms with Crippen molar-refractivity contribution >= 4 is 49.4 Å². The minimum absolute atomic E-state index is 0.0855. The first-order chi connectivity index (χ1) is 20.2. The van der Waals surface area contributed by atoms with Gasteiger partial charge in [-0.25, -0.2) is 4.98 Å². The Kier molecular flexibility index (Phi) is 7.91. The molecule has 42 heavy (non-hydrogen) atoms. The number of esters is 1. The molecule has 5 rings (SSSR count). The predicted octanol–water partition coefficient (Wildman–Crippen LogP) is 4.29. The van der Waals surface area contributed by atoms with E-state index in [0.29, 0.717) is 27.5 Å². The SMILES string of the molecule is CCOC(=O)CN(c1ccc2c(c1)c(C(=O)NCc1ccc(C#N)cc1)cn2C)S(=O)(=O)c1ccc2ccccc2n1. The molecule has 2 aromatic heterocycles. The zero-order valence-electron chi connectivity index (χ0n) is 22.9. The number of amides is 1. The number of nitriles is 1. The molecule has 10 nitrogen and oxygen atoms in total. The predicted molar refractivity (Wildman–Crippen MR) is 158 cm³/mol. The fraction of sp³-hybridized carbons (Fsp3) is 0.161. The van der Waals surface area contributed by atoms with Crippen LogP contribution in [0.2, 0.25) is 0 Å². The normalized spacial score (nSPS) is 11.3. The Morgan fingerprint density at radius 1 is 1.05 bits per heavy atom. The number of aryl methyl sites for hydroxylation is 1. The average molecular weight is 582 g/mol. The lowest BCUT2D eigenvalue weighted by Crippen LogP contribution is -2.37. The number of rotatable bonds is 9. The Morgan fingerprint density at radius 2 is 1.81 bits per heavy atom. The van der Waals surface area contributed by atoms with Crippen LogP contribution < -0.4 is 9.62 Å². The Hall–Kier alpha value is -5.21. The lowest BCUT2D eigenvalue weighted by atomic mass is 10.1. The van der Waals surface area contributed by atoms with Crippen LogP contribution in [0.25, 0.3) is 21.8 Å². The molecule has 0 aliphatic heterocycles. The number of anilines is 1. The number of nitrogens with one attached hydrogen (secondary N) is 1. The van der Waals surface area contributed by atoms with E-state index in [1.54, 1.807) is 85.4 Å². The molecule has 0 atom stereocenters. The summed E-state index contributed by atoms with van der Waals surface area (Å²) in [5.41, 5.74) is 3.04. The molecular weight excluding hydrogens is 554 g/mol. The van der Waals surface area contributed by atoms with Gasteiger partial charge in [-0.15, -0.1) is 0 Å². The molecular formula is C31H27N5O5S. The summed E-state index contributed by atoms with van der Waals surface area (Å²) in [6, 6.07) is 24.0. The second-order valence-corrected chi connectivity index (χ2v) is 11.3. The first-order valence-corrected chi connectivity index (χ1v) is 14.6. The van der Waals surface area contributed by atoms with Crippen LogP contribution in [0.3, 0.4) is 0 Å². The molecule has 1 amide bonds. The number of fused-ring (bicyclic) bond motifs is 2. The molecule has 3 aromatic carbocycles. The third-order valence-electron chi connectivity index (χ3n) is 6.75. The second kappa shape index (κ2) is 11.7. The van der Waals surface area contributed by atoms with Gasteiger partial charge in [-0.05, 0) is 61.0 Å². The number of aromatic nitrogens is 2. The van der Waals surface area contributed by atoms with Gasteiger partial charge in [0.25, 0.3) is 15.9 Å². The molecule has 2 heterocycles. The van der Waals surface area contributed by atoms with Crippen LogP contribution in [0.1, 0.15) is 28.4 Å². The largest absolute Gasteiger partial charge is 0.465 e. The van der Waals surface area contributed by atoms with Crippen LogP contribution in [0, 0.1) is 11.3 Å². The highest BCUT2D eigenvalue weighted by molar-refractivity contribution is 7.92. The standard InChI is InChI=1S/C31H27N5O5S/c1-3-41-30(37)20-36(42(39,40)29-15-12-23-6-4-5-7-27(23)34-29)24-13-14-28-25(16-24)26(19-35(28)2)31(38)33-18-22-10-8-21(17-32)9-11-22/h4-16,19H,3,18,20H2,1-2H3,(H,33,38). The number of hydrogen-bond donors (Lipinski definition) is 1. The van der Waals surface area contributed by atoms with Gasteiger partial charge in [0.05, 0.1) is 35.0 Å². The van der Waals surface area contributed by atoms with Crippen molar-refractivity contribution in [2.45, 2.75) is 18.5 Å². The molecule has 0 aliphatic carbocycles. The number of carbonyl (C=O) groups is 2. The molecule has 0 bridgehead atoms. The van der Waals surface area contributed by atoms with E-state index in [2.05, 4.69) is 16.4 Å². The summed E-state index contributed by atoms with van der Waals surface area (Å²) in [6.45, 7) is 1.38. The van der Waals surface area contributed by atoms with Crippen molar-refractivity contribution in [2.75, 3.05) is 17.5 Å². The van der Waals surface area contributed by atoms with Gasteiger partial charge in [-0.1, -0.05) is 30.3 Å². The van der Waals surface area contributed by atoms with Gasteiger partial charge in [-0.2, -0.15) is 13.7 Å². The summed E-state index contributed by atoms with van der Waals surface area (Å²) < 4.78 is 35.7.